The van der Waals surface area contributed by atoms with E-state index in [1.807, 2.05) is 0 Å². The van der Waals surface area contributed by atoms with Crippen molar-refractivity contribution < 1.29 is 14.7 Å². The van der Waals surface area contributed by atoms with Gasteiger partial charge in [-0.2, -0.15) is 0 Å². The molecule has 7 heteroatoms. The number of nitrogens with zero attached hydrogens (tertiary/aromatic N) is 3. The fraction of sp³-hybridized carbons (Fsp3) is 0.143. The highest BCUT2D eigenvalue weighted by molar-refractivity contribution is 6.60. The molecule has 2 radical (unpaired) electrons. The molecule has 0 spiro atoms. The van der Waals surface area contributed by atoms with Crippen molar-refractivity contribution in [1.82, 2.24) is 10.2 Å². The summed E-state index contributed by atoms with van der Waals surface area (Å²) < 4.78 is 0. The van der Waals surface area contributed by atoms with Crippen LogP contribution in [0.3, 0.4) is 0 Å². The van der Waals surface area contributed by atoms with E-state index in [1.54, 1.807) is 0 Å². The Morgan fingerprint density at radius 2 is 2.07 bits per heavy atom. The Morgan fingerprint density at radius 3 is 2.43 bits per heavy atom. The summed E-state index contributed by atoms with van der Waals surface area (Å²) in [6.07, 6.45) is 0. The molecule has 1 aromatic heterocycles. The van der Waals surface area contributed by atoms with Gasteiger partial charge in [0, 0.05) is 7.05 Å². The topological polar surface area (TPSA) is 83.4 Å². The molecular formula is C7H6BN3O3. The van der Waals surface area contributed by atoms with Gasteiger partial charge in [0.25, 0.3) is 0 Å². The quantitative estimate of drug-likeness (QED) is 0.659. The van der Waals surface area contributed by atoms with E-state index in [4.69, 9.17) is 13.0 Å². The van der Waals surface area contributed by atoms with Crippen LogP contribution in [0.15, 0.2) is 12.1 Å². The number of aromatic nitrogens is 2. The van der Waals surface area contributed by atoms with Crippen LogP contribution in [0.2, 0.25) is 0 Å². The molecule has 6 nitrogen and oxygen atoms in total. The normalized spacial score (nSPS) is 9.50. The number of hydrogen-bond acceptors (Lipinski definition) is 4. The van der Waals surface area contributed by atoms with Gasteiger partial charge in [0.2, 0.25) is 7.85 Å². The van der Waals surface area contributed by atoms with Crippen LogP contribution in [-0.2, 0) is 0 Å². The summed E-state index contributed by atoms with van der Waals surface area (Å²) in [4.78, 5) is 22.1. The number of amides is 1. The average Bonchev–Trinajstić information content (AvgIpc) is 2.16. The second-order valence-corrected chi connectivity index (χ2v) is 2.48. The van der Waals surface area contributed by atoms with Crippen LogP contribution < -0.4 is 4.90 Å². The van der Waals surface area contributed by atoms with Gasteiger partial charge in [-0.3, -0.25) is 4.79 Å². The van der Waals surface area contributed by atoms with Crippen molar-refractivity contribution in [1.29, 1.82) is 0 Å². The third-order valence-electron chi connectivity index (χ3n) is 1.54. The molecule has 0 saturated carbocycles. The van der Waals surface area contributed by atoms with Crippen LogP contribution in [0.1, 0.15) is 10.5 Å². The van der Waals surface area contributed by atoms with E-state index in [0.29, 0.717) is 0 Å². The van der Waals surface area contributed by atoms with E-state index in [0.717, 1.165) is 4.90 Å². The lowest BCUT2D eigenvalue weighted by Crippen LogP contribution is -2.25. The zero-order chi connectivity index (χ0) is 10.7. The predicted molar refractivity (Wildman–Crippen MR) is 48.5 cm³/mol. The highest BCUT2D eigenvalue weighted by atomic mass is 16.4. The standard InChI is InChI=1S/C7H6BN3O3/c1-11(7(8)14)5-3-2-4(6(12)13)9-10-5/h2-3H,1H3,(H,12,13). The van der Waals surface area contributed by atoms with Crippen LogP contribution in [0.5, 0.6) is 0 Å². The molecule has 0 saturated heterocycles. The summed E-state index contributed by atoms with van der Waals surface area (Å²) in [5.41, 5.74) is -0.188. The fourth-order valence-corrected chi connectivity index (χ4v) is 0.731. The van der Waals surface area contributed by atoms with E-state index in [9.17, 15) is 9.59 Å². The first-order valence-electron chi connectivity index (χ1n) is 3.62. The van der Waals surface area contributed by atoms with E-state index < -0.39 is 11.8 Å². The Hall–Kier alpha value is -1.92. The maximum absolute atomic E-state index is 10.7. The van der Waals surface area contributed by atoms with Gasteiger partial charge < -0.3 is 10.0 Å². The predicted octanol–water partition coefficient (Wildman–Crippen LogP) is -0.101. The maximum atomic E-state index is 10.7. The highest BCUT2D eigenvalue weighted by Crippen LogP contribution is 2.06. The third kappa shape index (κ3) is 2.06. The van der Waals surface area contributed by atoms with Crippen LogP contribution >= 0.6 is 0 Å². The lowest BCUT2D eigenvalue weighted by Gasteiger charge is -2.12. The molecule has 0 bridgehead atoms. The summed E-state index contributed by atoms with van der Waals surface area (Å²) >= 11 is 0. The summed E-state index contributed by atoms with van der Waals surface area (Å²) in [6, 6.07) is 2.59. The molecule has 1 N–H and O–H groups in total. The third-order valence-corrected chi connectivity index (χ3v) is 1.54. The molecule has 1 aromatic rings. The van der Waals surface area contributed by atoms with Gasteiger partial charge in [0.15, 0.2) is 17.3 Å². The van der Waals surface area contributed by atoms with Crippen molar-refractivity contribution in [2.45, 2.75) is 0 Å². The number of carboxylic acids is 1. The van der Waals surface area contributed by atoms with E-state index in [-0.39, 0.29) is 11.5 Å². The van der Waals surface area contributed by atoms with Crippen LogP contribution in [-0.4, -0.2) is 42.0 Å². The molecule has 14 heavy (non-hydrogen) atoms. The number of carboxylic acid groups (broad SMARTS) is 1. The summed E-state index contributed by atoms with van der Waals surface area (Å²) in [5, 5.41) is 15.4. The van der Waals surface area contributed by atoms with Crippen molar-refractivity contribution >= 4 is 25.4 Å². The largest absolute Gasteiger partial charge is 0.476 e. The van der Waals surface area contributed by atoms with E-state index in [1.165, 1.54) is 19.2 Å². The summed E-state index contributed by atoms with van der Waals surface area (Å²) in [5.74, 6) is -1.67. The minimum atomic E-state index is -1.18. The monoisotopic (exact) mass is 191 g/mol. The van der Waals surface area contributed by atoms with Gasteiger partial charge >= 0.3 is 5.97 Å². The molecule has 0 aliphatic heterocycles. The summed E-state index contributed by atoms with van der Waals surface area (Å²) in [7, 11) is 6.38. The van der Waals surface area contributed by atoms with Crippen molar-refractivity contribution in [3.63, 3.8) is 0 Å². The molecule has 0 aliphatic carbocycles. The second kappa shape index (κ2) is 3.86. The molecule has 0 unspecified atom stereocenters. The molecule has 1 amide bonds. The Kier molecular flexibility index (Phi) is 2.81. The average molecular weight is 191 g/mol. The molecule has 0 aliphatic rings. The second-order valence-electron chi connectivity index (χ2n) is 2.48. The van der Waals surface area contributed by atoms with Gasteiger partial charge in [-0.25, -0.2) is 4.79 Å². The Balaban J connectivity index is 2.94. The van der Waals surface area contributed by atoms with Gasteiger partial charge in [-0.15, -0.1) is 10.2 Å². The van der Waals surface area contributed by atoms with Crippen LogP contribution in [0.25, 0.3) is 0 Å². The SMILES string of the molecule is [B]C(=O)N(C)c1ccc(C(=O)O)nn1. The molecule has 70 valence electrons. The highest BCUT2D eigenvalue weighted by Gasteiger charge is 2.09. The minimum absolute atomic E-state index is 0.188. The number of carbonyl (C=O) groups is 2. The number of anilines is 1. The Morgan fingerprint density at radius 1 is 1.43 bits per heavy atom. The van der Waals surface area contributed by atoms with E-state index in [2.05, 4.69) is 10.2 Å². The first-order valence-corrected chi connectivity index (χ1v) is 3.62. The van der Waals surface area contributed by atoms with E-state index >= 15 is 0 Å². The first-order chi connectivity index (χ1) is 6.52. The van der Waals surface area contributed by atoms with Crippen molar-refractivity contribution in [2.75, 3.05) is 11.9 Å². The Bertz CT molecular complexity index is 365. The number of carbonyl (C=O) groups excluding carboxylic acids is 1. The van der Waals surface area contributed by atoms with Crippen molar-refractivity contribution in [3.05, 3.63) is 17.8 Å². The lowest BCUT2D eigenvalue weighted by atomic mass is 10.1. The minimum Gasteiger partial charge on any atom is -0.476 e. The molecule has 1 rings (SSSR count). The van der Waals surface area contributed by atoms with Crippen molar-refractivity contribution in [3.8, 4) is 0 Å². The number of aromatic carboxylic acids is 1. The molecule has 1 heterocycles. The van der Waals surface area contributed by atoms with Crippen LogP contribution in [0.4, 0.5) is 10.6 Å². The van der Waals surface area contributed by atoms with Gasteiger partial charge in [0.1, 0.15) is 0 Å². The fourth-order valence-electron chi connectivity index (χ4n) is 0.731. The van der Waals surface area contributed by atoms with Crippen molar-refractivity contribution in [2.24, 2.45) is 0 Å². The van der Waals surface area contributed by atoms with Gasteiger partial charge in [0.05, 0.1) is 0 Å². The molecular weight excluding hydrogens is 185 g/mol. The number of rotatable bonds is 2. The lowest BCUT2D eigenvalue weighted by molar-refractivity contribution is 0.0689. The molecule has 0 aromatic carbocycles. The van der Waals surface area contributed by atoms with Crippen LogP contribution in [0, 0.1) is 0 Å². The van der Waals surface area contributed by atoms with Gasteiger partial charge in [-0.1, -0.05) is 0 Å². The first kappa shape index (κ1) is 10.2. The summed E-state index contributed by atoms with van der Waals surface area (Å²) in [6.45, 7) is 0. The zero-order valence-electron chi connectivity index (χ0n) is 7.34. The Labute approximate surface area is 81.0 Å². The molecule has 0 atom stereocenters. The number of hydrogen-bond donors (Lipinski definition) is 1. The molecule has 0 fully saturated rings. The zero-order valence-corrected chi connectivity index (χ0v) is 7.34. The smallest absolute Gasteiger partial charge is 0.356 e. The maximum Gasteiger partial charge on any atom is 0.356 e. The van der Waals surface area contributed by atoms with Gasteiger partial charge in [-0.05, 0) is 12.1 Å².